The van der Waals surface area contributed by atoms with Crippen LogP contribution in [0.4, 0.5) is 0 Å². The minimum absolute atomic E-state index is 0.219. The fourth-order valence-corrected chi connectivity index (χ4v) is 3.03. The van der Waals surface area contributed by atoms with Gasteiger partial charge in [-0.2, -0.15) is 0 Å². The van der Waals surface area contributed by atoms with E-state index in [2.05, 4.69) is 33.8 Å². The number of carbonyl (C=O) groups is 2. The van der Waals surface area contributed by atoms with Crippen molar-refractivity contribution in [2.45, 2.75) is 66.2 Å². The van der Waals surface area contributed by atoms with Gasteiger partial charge in [-0.1, -0.05) is 39.3 Å². The molecular formula is C18H28O2. The molecule has 0 fully saturated rings. The molecule has 112 valence electrons. The molecule has 2 rings (SSSR count). The second-order valence-corrected chi connectivity index (χ2v) is 5.89. The Labute approximate surface area is 123 Å². The number of carbonyl (C=O) groups excluding carboxylic acids is 2. The lowest BCUT2D eigenvalue weighted by Gasteiger charge is -2.21. The normalized spacial score (nSPS) is 23.6. The molecule has 0 spiro atoms. The van der Waals surface area contributed by atoms with Crippen LogP contribution in [-0.2, 0) is 9.59 Å². The van der Waals surface area contributed by atoms with Crippen LogP contribution in [0.15, 0.2) is 23.8 Å². The van der Waals surface area contributed by atoms with E-state index in [0.717, 1.165) is 38.5 Å². The highest BCUT2D eigenvalue weighted by atomic mass is 16.1. The Balaban J connectivity index is 0.000000200. The lowest BCUT2D eigenvalue weighted by Crippen LogP contribution is -2.13. The molecular weight excluding hydrogens is 248 g/mol. The van der Waals surface area contributed by atoms with Gasteiger partial charge in [-0.15, -0.1) is 0 Å². The first-order valence-electron chi connectivity index (χ1n) is 7.95. The maximum absolute atomic E-state index is 10.9. The van der Waals surface area contributed by atoms with E-state index < -0.39 is 0 Å². The number of rotatable bonds is 4. The summed E-state index contributed by atoms with van der Waals surface area (Å²) in [5, 5.41) is 0. The van der Waals surface area contributed by atoms with Gasteiger partial charge in [-0.05, 0) is 49.2 Å². The highest BCUT2D eigenvalue weighted by Gasteiger charge is 2.29. The Kier molecular flexibility index (Phi) is 6.38. The minimum Gasteiger partial charge on any atom is -0.295 e. The van der Waals surface area contributed by atoms with Crippen molar-refractivity contribution in [2.24, 2.45) is 11.3 Å². The third kappa shape index (κ3) is 4.16. The van der Waals surface area contributed by atoms with Gasteiger partial charge in [-0.3, -0.25) is 9.59 Å². The summed E-state index contributed by atoms with van der Waals surface area (Å²) in [5.41, 5.74) is 1.57. The Morgan fingerprint density at radius 2 is 1.75 bits per heavy atom. The van der Waals surface area contributed by atoms with E-state index in [1.54, 1.807) is 6.08 Å². The quantitative estimate of drug-likeness (QED) is 0.749. The molecule has 2 aliphatic carbocycles. The monoisotopic (exact) mass is 276 g/mol. The van der Waals surface area contributed by atoms with Crippen LogP contribution in [0.5, 0.6) is 0 Å². The van der Waals surface area contributed by atoms with Crippen molar-refractivity contribution in [3.05, 3.63) is 23.8 Å². The summed E-state index contributed by atoms with van der Waals surface area (Å²) in [6, 6.07) is 0. The van der Waals surface area contributed by atoms with Crippen LogP contribution in [0, 0.1) is 11.3 Å². The predicted octanol–water partition coefficient (Wildman–Crippen LogP) is 4.64. The van der Waals surface area contributed by atoms with E-state index in [1.165, 1.54) is 5.57 Å². The second kappa shape index (κ2) is 7.56. The van der Waals surface area contributed by atoms with Crippen LogP contribution in [0.3, 0.4) is 0 Å². The zero-order valence-electron chi connectivity index (χ0n) is 13.4. The van der Waals surface area contributed by atoms with E-state index in [0.29, 0.717) is 17.5 Å². The van der Waals surface area contributed by atoms with E-state index in [4.69, 9.17) is 0 Å². The Bertz CT molecular complexity index is 411. The summed E-state index contributed by atoms with van der Waals surface area (Å²) in [6.07, 6.45) is 11.5. The molecule has 0 saturated heterocycles. The molecule has 0 aromatic carbocycles. The van der Waals surface area contributed by atoms with E-state index in [1.807, 2.05) is 6.08 Å². The molecule has 0 aromatic heterocycles. The van der Waals surface area contributed by atoms with Gasteiger partial charge in [0.05, 0.1) is 0 Å². The first-order valence-corrected chi connectivity index (χ1v) is 7.95. The largest absolute Gasteiger partial charge is 0.295 e. The van der Waals surface area contributed by atoms with Crippen LogP contribution in [0.1, 0.15) is 66.2 Å². The van der Waals surface area contributed by atoms with Gasteiger partial charge < -0.3 is 0 Å². The number of hydrogen-bond donors (Lipinski definition) is 0. The van der Waals surface area contributed by atoms with E-state index >= 15 is 0 Å². The van der Waals surface area contributed by atoms with Gasteiger partial charge in [0.1, 0.15) is 0 Å². The molecule has 20 heavy (non-hydrogen) atoms. The average Bonchev–Trinajstić information content (AvgIpc) is 3.02. The summed E-state index contributed by atoms with van der Waals surface area (Å²) in [4.78, 5) is 21.8. The summed E-state index contributed by atoms with van der Waals surface area (Å²) in [6.45, 7) is 8.55. The van der Waals surface area contributed by atoms with Gasteiger partial charge in [0, 0.05) is 12.8 Å². The van der Waals surface area contributed by atoms with Crippen molar-refractivity contribution in [1.29, 1.82) is 0 Å². The smallest absolute Gasteiger partial charge is 0.156 e. The van der Waals surface area contributed by atoms with Crippen molar-refractivity contribution >= 4 is 11.6 Å². The molecule has 2 aliphatic rings. The molecule has 2 nitrogen and oxygen atoms in total. The molecule has 0 aromatic rings. The maximum atomic E-state index is 10.9. The zero-order chi connectivity index (χ0) is 15.2. The van der Waals surface area contributed by atoms with E-state index in [-0.39, 0.29) is 5.41 Å². The average molecular weight is 276 g/mol. The Morgan fingerprint density at radius 3 is 2.05 bits per heavy atom. The standard InChI is InChI=1S/2C9H14O/c1-3-7-5-9(10)6-8(7)4-2;1-3-9(4-2)6-5-8(10)7-9/h5,8H,3-4,6H2,1-2H3;5-6H,3-4,7H2,1-2H3. The molecule has 0 N–H and O–H groups in total. The number of allylic oxidation sites excluding steroid dienone is 4. The topological polar surface area (TPSA) is 34.1 Å². The molecule has 0 aliphatic heterocycles. The first kappa shape index (κ1) is 16.9. The molecule has 0 radical (unpaired) electrons. The lowest BCUT2D eigenvalue weighted by molar-refractivity contribution is -0.115. The molecule has 0 saturated carbocycles. The summed E-state index contributed by atoms with van der Waals surface area (Å²) in [5.74, 6) is 1.19. The van der Waals surface area contributed by atoms with Crippen molar-refractivity contribution < 1.29 is 9.59 Å². The van der Waals surface area contributed by atoms with Crippen LogP contribution < -0.4 is 0 Å². The molecule has 0 bridgehead atoms. The van der Waals surface area contributed by atoms with E-state index in [9.17, 15) is 9.59 Å². The van der Waals surface area contributed by atoms with Crippen LogP contribution in [-0.4, -0.2) is 11.6 Å². The summed E-state index contributed by atoms with van der Waals surface area (Å²) < 4.78 is 0. The molecule has 1 atom stereocenters. The molecule has 2 heteroatoms. The molecule has 0 amide bonds. The fourth-order valence-electron chi connectivity index (χ4n) is 3.03. The maximum Gasteiger partial charge on any atom is 0.156 e. The SMILES string of the molecule is CCC1(CC)C=CC(=O)C1.CCC1=CC(=O)CC1CC. The summed E-state index contributed by atoms with van der Waals surface area (Å²) in [7, 11) is 0. The highest BCUT2D eigenvalue weighted by Crippen LogP contribution is 2.36. The second-order valence-electron chi connectivity index (χ2n) is 5.89. The zero-order valence-corrected chi connectivity index (χ0v) is 13.4. The Morgan fingerprint density at radius 1 is 1.10 bits per heavy atom. The van der Waals surface area contributed by atoms with Gasteiger partial charge in [0.15, 0.2) is 11.6 Å². The van der Waals surface area contributed by atoms with Crippen molar-refractivity contribution in [2.75, 3.05) is 0 Å². The predicted molar refractivity (Wildman–Crippen MR) is 83.6 cm³/mol. The lowest BCUT2D eigenvalue weighted by atomic mass is 9.82. The third-order valence-corrected chi connectivity index (χ3v) is 4.78. The van der Waals surface area contributed by atoms with Gasteiger partial charge >= 0.3 is 0 Å². The number of ketones is 2. The fraction of sp³-hybridized carbons (Fsp3) is 0.667. The number of hydrogen-bond acceptors (Lipinski definition) is 2. The van der Waals surface area contributed by atoms with Crippen LogP contribution in [0.25, 0.3) is 0 Å². The summed E-state index contributed by atoms with van der Waals surface area (Å²) >= 11 is 0. The van der Waals surface area contributed by atoms with Crippen molar-refractivity contribution in [3.63, 3.8) is 0 Å². The van der Waals surface area contributed by atoms with Gasteiger partial charge in [-0.25, -0.2) is 0 Å². The Hall–Kier alpha value is -1.18. The van der Waals surface area contributed by atoms with Crippen LogP contribution in [0.2, 0.25) is 0 Å². The molecule has 0 heterocycles. The van der Waals surface area contributed by atoms with Gasteiger partial charge in [0.25, 0.3) is 0 Å². The van der Waals surface area contributed by atoms with Crippen molar-refractivity contribution in [3.8, 4) is 0 Å². The highest BCUT2D eigenvalue weighted by molar-refractivity contribution is 5.93. The first-order chi connectivity index (χ1) is 9.50. The minimum atomic E-state index is 0.219. The third-order valence-electron chi connectivity index (χ3n) is 4.78. The van der Waals surface area contributed by atoms with Crippen LogP contribution >= 0.6 is 0 Å². The van der Waals surface area contributed by atoms with Gasteiger partial charge in [0.2, 0.25) is 0 Å². The molecule has 1 unspecified atom stereocenters. The van der Waals surface area contributed by atoms with Crippen molar-refractivity contribution in [1.82, 2.24) is 0 Å².